The highest BCUT2D eigenvalue weighted by molar-refractivity contribution is 5.82. The lowest BCUT2D eigenvalue weighted by atomic mass is 9.77. The summed E-state index contributed by atoms with van der Waals surface area (Å²) in [5, 5.41) is 0. The van der Waals surface area contributed by atoms with Crippen molar-refractivity contribution in [2.24, 2.45) is 17.8 Å². The Labute approximate surface area is 69.2 Å². The topological polar surface area (TPSA) is 17.1 Å². The molecule has 0 N–H and O–H groups in total. The summed E-state index contributed by atoms with van der Waals surface area (Å²) in [5.74, 6) is 2.05. The van der Waals surface area contributed by atoms with Crippen LogP contribution in [0.3, 0.4) is 0 Å². The molecule has 0 heterocycles. The molecule has 1 unspecified atom stereocenters. The van der Waals surface area contributed by atoms with E-state index in [2.05, 4.69) is 20.8 Å². The minimum absolute atomic E-state index is 0.367. The molecule has 0 amide bonds. The van der Waals surface area contributed by atoms with Gasteiger partial charge in [-0.05, 0) is 24.7 Å². The van der Waals surface area contributed by atoms with Crippen molar-refractivity contribution in [1.29, 1.82) is 0 Å². The van der Waals surface area contributed by atoms with Gasteiger partial charge in [0.2, 0.25) is 0 Å². The quantitative estimate of drug-likeness (QED) is 0.567. The van der Waals surface area contributed by atoms with Gasteiger partial charge in [0.05, 0.1) is 0 Å². The highest BCUT2D eigenvalue weighted by Gasteiger charge is 2.27. The Morgan fingerprint density at radius 1 is 1.36 bits per heavy atom. The van der Waals surface area contributed by atoms with Crippen molar-refractivity contribution in [2.75, 3.05) is 0 Å². The number of rotatable bonds is 1. The summed E-state index contributed by atoms with van der Waals surface area (Å²) in [4.78, 5) is 11.4. The second kappa shape index (κ2) is 3.38. The van der Waals surface area contributed by atoms with Crippen molar-refractivity contribution >= 4 is 5.78 Å². The normalized spacial score (nSPS) is 32.9. The van der Waals surface area contributed by atoms with E-state index < -0.39 is 0 Å². The molecule has 0 aromatic carbocycles. The molecule has 1 saturated carbocycles. The average molecular weight is 154 g/mol. The van der Waals surface area contributed by atoms with Gasteiger partial charge in [0.15, 0.2) is 0 Å². The van der Waals surface area contributed by atoms with E-state index >= 15 is 0 Å². The van der Waals surface area contributed by atoms with Gasteiger partial charge in [0.25, 0.3) is 0 Å². The largest absolute Gasteiger partial charge is 0.299 e. The number of hydrogen-bond acceptors (Lipinski definition) is 1. The summed E-state index contributed by atoms with van der Waals surface area (Å²) in [5.41, 5.74) is 0. The number of ketones is 1. The third-order valence-corrected chi connectivity index (χ3v) is 2.74. The van der Waals surface area contributed by atoms with E-state index in [-0.39, 0.29) is 0 Å². The molecule has 1 heteroatoms. The van der Waals surface area contributed by atoms with Crippen LogP contribution < -0.4 is 0 Å². The second-order valence-electron chi connectivity index (χ2n) is 4.20. The number of hydrogen-bond donors (Lipinski definition) is 0. The number of carbonyl (C=O) groups is 1. The van der Waals surface area contributed by atoms with E-state index in [1.54, 1.807) is 0 Å². The summed E-state index contributed by atoms with van der Waals surface area (Å²) < 4.78 is 0. The Morgan fingerprint density at radius 2 is 2.00 bits per heavy atom. The molecule has 1 aliphatic rings. The van der Waals surface area contributed by atoms with E-state index in [1.165, 1.54) is 6.42 Å². The van der Waals surface area contributed by atoms with Gasteiger partial charge in [0.1, 0.15) is 5.78 Å². The van der Waals surface area contributed by atoms with Gasteiger partial charge in [-0.25, -0.2) is 0 Å². The van der Waals surface area contributed by atoms with Gasteiger partial charge in [-0.1, -0.05) is 20.8 Å². The Morgan fingerprint density at radius 3 is 2.45 bits per heavy atom. The van der Waals surface area contributed by atoms with Crippen LogP contribution in [0.15, 0.2) is 0 Å². The van der Waals surface area contributed by atoms with Gasteiger partial charge >= 0.3 is 0 Å². The molecular formula is C10H18O. The third kappa shape index (κ3) is 2.05. The predicted octanol–water partition coefficient (Wildman–Crippen LogP) is 2.65. The van der Waals surface area contributed by atoms with E-state index in [1.807, 2.05) is 0 Å². The molecule has 0 radical (unpaired) electrons. The molecule has 1 rings (SSSR count). The lowest BCUT2D eigenvalue weighted by Crippen LogP contribution is -2.27. The van der Waals surface area contributed by atoms with Crippen LogP contribution in [0.4, 0.5) is 0 Å². The molecule has 64 valence electrons. The van der Waals surface area contributed by atoms with Crippen LogP contribution in [-0.2, 0) is 4.79 Å². The van der Waals surface area contributed by atoms with Crippen LogP contribution in [0.1, 0.15) is 40.0 Å². The van der Waals surface area contributed by atoms with Crippen molar-refractivity contribution in [3.63, 3.8) is 0 Å². The van der Waals surface area contributed by atoms with Gasteiger partial charge in [0, 0.05) is 12.3 Å². The molecule has 2 atom stereocenters. The van der Waals surface area contributed by atoms with E-state index in [0.29, 0.717) is 23.5 Å². The number of Topliss-reactive ketones (excluding diaryl/α,β-unsaturated/α-hetero) is 1. The first-order valence-corrected chi connectivity index (χ1v) is 4.64. The lowest BCUT2D eigenvalue weighted by Gasteiger charge is -2.27. The Bertz CT molecular complexity index is 149. The van der Waals surface area contributed by atoms with Crippen molar-refractivity contribution in [3.8, 4) is 0 Å². The maximum atomic E-state index is 11.4. The SMILES string of the molecule is CC1CC[C@H](C(C)C)C(=O)C1. The number of carbonyl (C=O) groups excluding carboxylic acids is 1. The lowest BCUT2D eigenvalue weighted by molar-refractivity contribution is -0.127. The van der Waals surface area contributed by atoms with Crippen LogP contribution in [0, 0.1) is 17.8 Å². The zero-order chi connectivity index (χ0) is 8.43. The standard InChI is InChI=1S/C10H18O/c1-7(2)9-5-4-8(3)6-10(9)11/h7-9H,4-6H2,1-3H3/t8?,9-/m1/s1. The van der Waals surface area contributed by atoms with Crippen LogP contribution in [0.5, 0.6) is 0 Å². The van der Waals surface area contributed by atoms with E-state index in [0.717, 1.165) is 12.8 Å². The molecule has 0 spiro atoms. The van der Waals surface area contributed by atoms with Crippen LogP contribution in [0.25, 0.3) is 0 Å². The molecular weight excluding hydrogens is 136 g/mol. The fourth-order valence-electron chi connectivity index (χ4n) is 1.93. The average Bonchev–Trinajstić information content (AvgIpc) is 1.85. The predicted molar refractivity (Wildman–Crippen MR) is 46.4 cm³/mol. The summed E-state index contributed by atoms with van der Waals surface area (Å²) in [7, 11) is 0. The van der Waals surface area contributed by atoms with Gasteiger partial charge in [-0.3, -0.25) is 4.79 Å². The van der Waals surface area contributed by atoms with Gasteiger partial charge < -0.3 is 0 Å². The van der Waals surface area contributed by atoms with Crippen LogP contribution in [0.2, 0.25) is 0 Å². The minimum Gasteiger partial charge on any atom is -0.299 e. The van der Waals surface area contributed by atoms with E-state index in [4.69, 9.17) is 0 Å². The maximum Gasteiger partial charge on any atom is 0.136 e. The van der Waals surface area contributed by atoms with Gasteiger partial charge in [-0.15, -0.1) is 0 Å². The van der Waals surface area contributed by atoms with Crippen LogP contribution >= 0.6 is 0 Å². The Balaban J connectivity index is 2.51. The summed E-state index contributed by atoms with van der Waals surface area (Å²) in [6.45, 7) is 6.48. The molecule has 0 saturated heterocycles. The highest BCUT2D eigenvalue weighted by Crippen LogP contribution is 2.29. The molecule has 1 nitrogen and oxygen atoms in total. The fraction of sp³-hybridized carbons (Fsp3) is 0.900. The monoisotopic (exact) mass is 154 g/mol. The summed E-state index contributed by atoms with van der Waals surface area (Å²) >= 11 is 0. The maximum absolute atomic E-state index is 11.4. The first-order valence-electron chi connectivity index (χ1n) is 4.64. The molecule has 0 aliphatic heterocycles. The Hall–Kier alpha value is -0.330. The molecule has 11 heavy (non-hydrogen) atoms. The smallest absolute Gasteiger partial charge is 0.136 e. The summed E-state index contributed by atoms with van der Waals surface area (Å²) in [6, 6.07) is 0. The zero-order valence-corrected chi connectivity index (χ0v) is 7.76. The highest BCUT2D eigenvalue weighted by atomic mass is 16.1. The molecule has 1 aliphatic carbocycles. The first kappa shape index (κ1) is 8.76. The van der Waals surface area contributed by atoms with Crippen molar-refractivity contribution in [1.82, 2.24) is 0 Å². The van der Waals surface area contributed by atoms with Crippen LogP contribution in [-0.4, -0.2) is 5.78 Å². The summed E-state index contributed by atoms with van der Waals surface area (Å²) in [6.07, 6.45) is 3.19. The van der Waals surface area contributed by atoms with Crippen molar-refractivity contribution in [3.05, 3.63) is 0 Å². The van der Waals surface area contributed by atoms with Crippen molar-refractivity contribution in [2.45, 2.75) is 40.0 Å². The minimum atomic E-state index is 0.367. The molecule has 1 fully saturated rings. The van der Waals surface area contributed by atoms with Gasteiger partial charge in [-0.2, -0.15) is 0 Å². The molecule has 0 aromatic rings. The zero-order valence-electron chi connectivity index (χ0n) is 7.76. The first-order chi connectivity index (χ1) is 5.11. The molecule has 0 aromatic heterocycles. The fourth-order valence-corrected chi connectivity index (χ4v) is 1.93. The second-order valence-corrected chi connectivity index (χ2v) is 4.20. The third-order valence-electron chi connectivity index (χ3n) is 2.74. The van der Waals surface area contributed by atoms with E-state index in [9.17, 15) is 4.79 Å². The van der Waals surface area contributed by atoms with Crippen molar-refractivity contribution < 1.29 is 4.79 Å². The Kier molecular flexibility index (Phi) is 2.69. The molecule has 0 bridgehead atoms.